The van der Waals surface area contributed by atoms with Crippen LogP contribution in [0, 0.1) is 21.8 Å². The van der Waals surface area contributed by atoms with E-state index in [9.17, 15) is 19.3 Å². The molecule has 0 aliphatic carbocycles. The average Bonchev–Trinajstić information content (AvgIpc) is 2.69. The van der Waals surface area contributed by atoms with Crippen LogP contribution in [0.4, 0.5) is 15.8 Å². The van der Waals surface area contributed by atoms with E-state index in [-0.39, 0.29) is 41.5 Å². The van der Waals surface area contributed by atoms with Gasteiger partial charge in [-0.05, 0) is 18.5 Å². The van der Waals surface area contributed by atoms with Crippen molar-refractivity contribution in [3.63, 3.8) is 0 Å². The summed E-state index contributed by atoms with van der Waals surface area (Å²) in [7, 11) is 0. The smallest absolute Gasteiger partial charge is 0.297 e. The van der Waals surface area contributed by atoms with E-state index >= 15 is 0 Å². The van der Waals surface area contributed by atoms with E-state index in [0.29, 0.717) is 0 Å². The van der Waals surface area contributed by atoms with Gasteiger partial charge < -0.3 is 10.6 Å². The van der Waals surface area contributed by atoms with Crippen LogP contribution in [-0.4, -0.2) is 23.9 Å². The van der Waals surface area contributed by atoms with E-state index in [4.69, 9.17) is 5.73 Å². The summed E-state index contributed by atoms with van der Waals surface area (Å²) in [6.07, 6.45) is 0.184. The lowest BCUT2D eigenvalue weighted by Crippen LogP contribution is -2.27. The SMILES string of the molecule is NCC1CC(=O)N(c2c(F)cc(Br)cc2[N+](=O)[O-])C1. The fraction of sp³-hybridized carbons (Fsp3) is 0.364. The van der Waals surface area contributed by atoms with Gasteiger partial charge in [0.2, 0.25) is 5.91 Å². The lowest BCUT2D eigenvalue weighted by molar-refractivity contribution is -0.384. The Morgan fingerprint density at radius 3 is 2.79 bits per heavy atom. The third-order valence-corrected chi connectivity index (χ3v) is 3.47. The van der Waals surface area contributed by atoms with Gasteiger partial charge >= 0.3 is 0 Å². The normalized spacial score (nSPS) is 19.0. The maximum atomic E-state index is 14.0. The van der Waals surface area contributed by atoms with Gasteiger partial charge in [-0.1, -0.05) is 15.9 Å². The predicted octanol–water partition coefficient (Wildman–Crippen LogP) is 1.81. The summed E-state index contributed by atoms with van der Waals surface area (Å²) in [5.41, 5.74) is 4.77. The van der Waals surface area contributed by atoms with E-state index < -0.39 is 16.4 Å². The van der Waals surface area contributed by atoms with Gasteiger partial charge in [-0.2, -0.15) is 0 Å². The Bertz CT molecular complexity index is 552. The molecule has 0 aromatic heterocycles. The second-order valence-corrected chi connectivity index (χ2v) is 5.24. The molecule has 1 saturated heterocycles. The molecular weight excluding hydrogens is 321 g/mol. The highest BCUT2D eigenvalue weighted by atomic mass is 79.9. The molecule has 0 spiro atoms. The number of hydrogen-bond acceptors (Lipinski definition) is 4. The van der Waals surface area contributed by atoms with Crippen LogP contribution in [0.15, 0.2) is 16.6 Å². The van der Waals surface area contributed by atoms with Gasteiger partial charge in [-0.3, -0.25) is 14.9 Å². The van der Waals surface area contributed by atoms with Crippen molar-refractivity contribution in [1.29, 1.82) is 0 Å². The Labute approximate surface area is 116 Å². The minimum atomic E-state index is -0.799. The van der Waals surface area contributed by atoms with Gasteiger partial charge in [-0.15, -0.1) is 0 Å². The Morgan fingerprint density at radius 1 is 1.58 bits per heavy atom. The molecule has 0 saturated carbocycles. The zero-order valence-electron chi connectivity index (χ0n) is 9.81. The molecule has 1 aromatic carbocycles. The summed E-state index contributed by atoms with van der Waals surface area (Å²) >= 11 is 3.00. The molecule has 2 rings (SSSR count). The molecule has 19 heavy (non-hydrogen) atoms. The Balaban J connectivity index is 2.50. The van der Waals surface area contributed by atoms with Gasteiger partial charge in [-0.25, -0.2) is 4.39 Å². The highest BCUT2D eigenvalue weighted by Gasteiger charge is 2.35. The van der Waals surface area contributed by atoms with Gasteiger partial charge in [0, 0.05) is 23.5 Å². The van der Waals surface area contributed by atoms with Gasteiger partial charge in [0.25, 0.3) is 5.69 Å². The molecule has 1 aliphatic rings. The molecule has 0 bridgehead atoms. The molecule has 1 amide bonds. The molecule has 8 heteroatoms. The first-order valence-electron chi connectivity index (χ1n) is 5.58. The van der Waals surface area contributed by atoms with Gasteiger partial charge in [0.1, 0.15) is 0 Å². The number of benzene rings is 1. The third kappa shape index (κ3) is 2.59. The van der Waals surface area contributed by atoms with Crippen molar-refractivity contribution in [2.45, 2.75) is 6.42 Å². The summed E-state index contributed by atoms with van der Waals surface area (Å²) in [6, 6.07) is 2.28. The van der Waals surface area contributed by atoms with Crippen molar-refractivity contribution >= 4 is 33.2 Å². The number of carbonyl (C=O) groups is 1. The Hall–Kier alpha value is -1.54. The van der Waals surface area contributed by atoms with Crippen molar-refractivity contribution in [2.24, 2.45) is 11.7 Å². The Morgan fingerprint density at radius 2 is 2.26 bits per heavy atom. The molecule has 1 unspecified atom stereocenters. The van der Waals surface area contributed by atoms with Gasteiger partial charge in [0.15, 0.2) is 11.5 Å². The standard InChI is InChI=1S/C11H11BrFN3O3/c12-7-2-8(13)11(9(3-7)16(18)19)15-5-6(4-14)1-10(15)17/h2-3,6H,1,4-5,14H2. The predicted molar refractivity (Wildman–Crippen MR) is 70.3 cm³/mol. The number of amides is 1. The van der Waals surface area contributed by atoms with Crippen LogP contribution in [-0.2, 0) is 4.79 Å². The number of nitrogens with zero attached hydrogens (tertiary/aromatic N) is 2. The van der Waals surface area contributed by atoms with Crippen molar-refractivity contribution < 1.29 is 14.1 Å². The number of nitro benzene ring substituents is 1. The molecule has 102 valence electrons. The first kappa shape index (κ1) is 13.9. The molecule has 2 N–H and O–H groups in total. The number of rotatable bonds is 3. The average molecular weight is 332 g/mol. The van der Waals surface area contributed by atoms with Gasteiger partial charge in [0.05, 0.1) is 4.92 Å². The van der Waals surface area contributed by atoms with Crippen LogP contribution in [0.5, 0.6) is 0 Å². The van der Waals surface area contributed by atoms with Crippen LogP contribution in [0.3, 0.4) is 0 Å². The Kier molecular flexibility index (Phi) is 3.81. The maximum absolute atomic E-state index is 14.0. The van der Waals surface area contributed by atoms with E-state index in [1.807, 2.05) is 0 Å². The van der Waals surface area contributed by atoms with E-state index in [2.05, 4.69) is 15.9 Å². The van der Waals surface area contributed by atoms with E-state index in [1.54, 1.807) is 0 Å². The molecule has 1 atom stereocenters. The van der Waals surface area contributed by atoms with Crippen molar-refractivity contribution in [2.75, 3.05) is 18.0 Å². The van der Waals surface area contributed by atoms with Crippen LogP contribution in [0.1, 0.15) is 6.42 Å². The number of nitrogens with two attached hydrogens (primary N) is 1. The zero-order chi connectivity index (χ0) is 14.2. The summed E-state index contributed by atoms with van der Waals surface area (Å²) in [5.74, 6) is -1.25. The number of nitro groups is 1. The third-order valence-electron chi connectivity index (χ3n) is 3.01. The molecule has 1 aliphatic heterocycles. The minimum Gasteiger partial charge on any atom is -0.330 e. The lowest BCUT2D eigenvalue weighted by Gasteiger charge is -2.17. The summed E-state index contributed by atoms with van der Waals surface area (Å²) < 4.78 is 14.2. The van der Waals surface area contributed by atoms with Crippen LogP contribution >= 0.6 is 15.9 Å². The second kappa shape index (κ2) is 5.22. The largest absolute Gasteiger partial charge is 0.330 e. The molecule has 6 nitrogen and oxygen atoms in total. The zero-order valence-corrected chi connectivity index (χ0v) is 11.4. The molecule has 1 fully saturated rings. The maximum Gasteiger partial charge on any atom is 0.297 e. The summed E-state index contributed by atoms with van der Waals surface area (Å²) in [4.78, 5) is 23.2. The second-order valence-electron chi connectivity index (χ2n) is 4.32. The van der Waals surface area contributed by atoms with E-state index in [0.717, 1.165) is 11.0 Å². The quantitative estimate of drug-likeness (QED) is 0.675. The molecule has 1 heterocycles. The fourth-order valence-electron chi connectivity index (χ4n) is 2.11. The number of halogens is 2. The molecule has 0 radical (unpaired) electrons. The minimum absolute atomic E-state index is 0.102. The monoisotopic (exact) mass is 331 g/mol. The number of hydrogen-bond donors (Lipinski definition) is 1. The van der Waals surface area contributed by atoms with Crippen molar-refractivity contribution in [1.82, 2.24) is 0 Å². The van der Waals surface area contributed by atoms with Crippen molar-refractivity contribution in [3.8, 4) is 0 Å². The highest BCUT2D eigenvalue weighted by molar-refractivity contribution is 9.10. The summed E-state index contributed by atoms with van der Waals surface area (Å²) in [6.45, 7) is 0.489. The van der Waals surface area contributed by atoms with Crippen LogP contribution in [0.25, 0.3) is 0 Å². The molecular formula is C11H11BrFN3O3. The van der Waals surface area contributed by atoms with Crippen molar-refractivity contribution in [3.05, 3.63) is 32.5 Å². The highest BCUT2D eigenvalue weighted by Crippen LogP contribution is 2.37. The first-order chi connectivity index (χ1) is 8.93. The first-order valence-corrected chi connectivity index (χ1v) is 6.37. The lowest BCUT2D eigenvalue weighted by atomic mass is 10.1. The number of carbonyl (C=O) groups excluding carboxylic acids is 1. The molecule has 1 aromatic rings. The summed E-state index contributed by atoms with van der Waals surface area (Å²) in [5, 5.41) is 11.0. The van der Waals surface area contributed by atoms with Crippen LogP contribution in [0.2, 0.25) is 0 Å². The fourth-order valence-corrected chi connectivity index (χ4v) is 2.53. The topological polar surface area (TPSA) is 89.5 Å². The van der Waals surface area contributed by atoms with Crippen LogP contribution < -0.4 is 10.6 Å². The number of anilines is 1. The van der Waals surface area contributed by atoms with E-state index in [1.165, 1.54) is 6.07 Å².